The molecular formula is C101H130F6N12S2+6. The lowest BCUT2D eigenvalue weighted by Gasteiger charge is -2.28. The van der Waals surface area contributed by atoms with E-state index in [0.717, 1.165) is 85.6 Å². The number of alkyl halides is 6. The summed E-state index contributed by atoms with van der Waals surface area (Å²) < 4.78 is 97.4. The van der Waals surface area contributed by atoms with Crippen LogP contribution in [0.1, 0.15) is 158 Å². The van der Waals surface area contributed by atoms with Crippen LogP contribution >= 0.6 is 23.5 Å². The average Bonchev–Trinajstić information content (AvgIpc) is 1.59. The minimum Gasteiger partial charge on any atom is -0.384 e. The molecule has 6 aliphatic rings. The second-order valence-electron chi connectivity index (χ2n) is 36.2. The Kier molecular flexibility index (Phi) is 29.0. The molecule has 0 saturated carbocycles. The molecule has 0 saturated heterocycles. The fourth-order valence-electron chi connectivity index (χ4n) is 18.5. The third-order valence-corrected chi connectivity index (χ3v) is 27.1. The number of fused-ring (bicyclic) bond motifs is 6. The lowest BCUT2D eigenvalue weighted by molar-refractivity contribution is -0.850. The fraction of sp³-hybridized carbons (Fsp3) is 0.436. The molecule has 14 rings (SSSR count). The Balaban J connectivity index is 0.000000167. The summed E-state index contributed by atoms with van der Waals surface area (Å²) in [5.41, 5.74) is 15.2. The molecule has 2 atom stereocenters. The highest BCUT2D eigenvalue weighted by molar-refractivity contribution is 8.14. The summed E-state index contributed by atoms with van der Waals surface area (Å²) in [6, 6.07) is 43.3. The molecule has 642 valence electrons. The summed E-state index contributed by atoms with van der Waals surface area (Å²) in [7, 11) is 20.3. The number of allylic oxidation sites excluding steroid dienone is 6. The molecule has 12 nitrogen and oxygen atoms in total. The van der Waals surface area contributed by atoms with E-state index in [1.54, 1.807) is 12.1 Å². The van der Waals surface area contributed by atoms with E-state index in [1.807, 2.05) is 107 Å². The smallest absolute Gasteiger partial charge is 0.384 e. The number of unbranched alkanes of at least 4 members (excludes halogenated alkanes) is 6. The topological polar surface area (TPSA) is 42.3 Å². The van der Waals surface area contributed by atoms with Crippen molar-refractivity contribution in [2.75, 3.05) is 135 Å². The number of para-hydroxylation sites is 4. The predicted octanol–water partition coefficient (Wildman–Crippen LogP) is 20.3. The lowest BCUT2D eigenvalue weighted by atomic mass is 9.80. The molecule has 1 N–H and O–H groups in total. The third kappa shape index (κ3) is 20.8. The summed E-state index contributed by atoms with van der Waals surface area (Å²) in [5.74, 6) is 2.39. The van der Waals surface area contributed by atoms with Gasteiger partial charge in [-0.25, -0.2) is 22.9 Å². The molecule has 0 aliphatic carbocycles. The minimum absolute atomic E-state index is 0.0105. The quantitative estimate of drug-likeness (QED) is 0.0240. The number of aromatic nitrogens is 2. The fourth-order valence-corrected chi connectivity index (χ4v) is 20.6. The van der Waals surface area contributed by atoms with E-state index in [-0.39, 0.29) is 16.9 Å². The highest BCUT2D eigenvalue weighted by Gasteiger charge is 2.50. The number of anilines is 3. The maximum Gasteiger partial charge on any atom is 0.416 e. The van der Waals surface area contributed by atoms with Crippen molar-refractivity contribution in [1.29, 1.82) is 0 Å². The van der Waals surface area contributed by atoms with E-state index < -0.39 is 34.3 Å². The Morgan fingerprint density at radius 2 is 0.851 bits per heavy atom. The van der Waals surface area contributed by atoms with Crippen LogP contribution in [0.3, 0.4) is 0 Å². The maximum atomic E-state index is 13.6. The van der Waals surface area contributed by atoms with Crippen molar-refractivity contribution >= 4 is 109 Å². The van der Waals surface area contributed by atoms with Gasteiger partial charge in [0, 0.05) is 199 Å². The Hall–Kier alpha value is -9.37. The van der Waals surface area contributed by atoms with E-state index in [9.17, 15) is 26.3 Å². The largest absolute Gasteiger partial charge is 0.416 e. The second kappa shape index (κ2) is 38.6. The molecule has 0 radical (unpaired) electrons. The van der Waals surface area contributed by atoms with Crippen molar-refractivity contribution in [3.63, 3.8) is 0 Å². The normalized spacial score (nSPS) is 19.1. The van der Waals surface area contributed by atoms with Gasteiger partial charge in [-0.2, -0.15) is 26.3 Å². The van der Waals surface area contributed by atoms with Gasteiger partial charge in [0.05, 0.1) is 34.6 Å². The number of hydrogen-bond acceptors (Lipinski definition) is 6. The molecule has 0 fully saturated rings. The van der Waals surface area contributed by atoms with Crippen molar-refractivity contribution < 1.29 is 54.1 Å². The zero-order valence-corrected chi connectivity index (χ0v) is 76.4. The van der Waals surface area contributed by atoms with Crippen LogP contribution in [-0.4, -0.2) is 192 Å². The Labute approximate surface area is 725 Å². The van der Waals surface area contributed by atoms with E-state index in [1.165, 1.54) is 158 Å². The van der Waals surface area contributed by atoms with Crippen LogP contribution in [0.4, 0.5) is 49.1 Å². The first kappa shape index (κ1) is 90.9. The highest BCUT2D eigenvalue weighted by Crippen LogP contribution is 2.52. The maximum absolute atomic E-state index is 13.6. The Morgan fingerprint density at radius 1 is 0.463 bits per heavy atom. The molecule has 2 aromatic heterocycles. The molecule has 6 aliphatic heterocycles. The lowest BCUT2D eigenvalue weighted by Crippen LogP contribution is -3.10. The number of nitrogens with one attached hydrogen (secondary N) is 1. The van der Waals surface area contributed by atoms with Gasteiger partial charge < -0.3 is 28.7 Å². The molecule has 8 heterocycles. The minimum atomic E-state index is -4.42. The highest BCUT2D eigenvalue weighted by atomic mass is 32.2. The van der Waals surface area contributed by atoms with E-state index in [2.05, 4.69) is 277 Å². The van der Waals surface area contributed by atoms with Crippen molar-refractivity contribution in [3.05, 3.63) is 250 Å². The summed E-state index contributed by atoms with van der Waals surface area (Å²) >= 11 is 4.00. The van der Waals surface area contributed by atoms with Gasteiger partial charge >= 0.3 is 12.4 Å². The summed E-state index contributed by atoms with van der Waals surface area (Å²) in [6.07, 6.45) is 31.7. The molecular weight excluding hydrogens is 1560 g/mol. The summed E-state index contributed by atoms with van der Waals surface area (Å²) in [5, 5.41) is 5.50. The first-order valence-corrected chi connectivity index (χ1v) is 45.2. The monoisotopic (exact) mass is 1690 g/mol. The van der Waals surface area contributed by atoms with E-state index >= 15 is 0 Å². The van der Waals surface area contributed by atoms with Gasteiger partial charge in [0.25, 0.3) is 0 Å². The predicted molar refractivity (Wildman–Crippen MR) is 501 cm³/mol. The number of thioether (sulfide) groups is 2. The molecule has 0 bridgehead atoms. The van der Waals surface area contributed by atoms with Crippen molar-refractivity contribution in [1.82, 2.24) is 14.0 Å². The average molecular weight is 1690 g/mol. The van der Waals surface area contributed by atoms with Crippen molar-refractivity contribution in [2.45, 2.75) is 153 Å². The number of quaternary nitrogens is 1. The van der Waals surface area contributed by atoms with Crippen LogP contribution in [0.5, 0.6) is 0 Å². The molecule has 121 heavy (non-hydrogen) atoms. The van der Waals surface area contributed by atoms with E-state index in [4.69, 9.17) is 0 Å². The van der Waals surface area contributed by atoms with Gasteiger partial charge in [-0.15, -0.1) is 0 Å². The second-order valence-corrected chi connectivity index (χ2v) is 38.5. The van der Waals surface area contributed by atoms with Gasteiger partial charge in [-0.05, 0) is 154 Å². The van der Waals surface area contributed by atoms with Crippen LogP contribution in [-0.2, 0) is 48.1 Å². The van der Waals surface area contributed by atoms with Crippen LogP contribution in [0.2, 0.25) is 0 Å². The summed E-state index contributed by atoms with van der Waals surface area (Å²) in [4.78, 5) is 10.3. The zero-order chi connectivity index (χ0) is 86.9. The number of rotatable bonds is 27. The first-order valence-electron chi connectivity index (χ1n) is 43.2. The molecule has 8 aromatic rings. The number of benzene rings is 6. The Bertz CT molecular complexity index is 5180. The first-order chi connectivity index (χ1) is 57.5. The standard InChI is InChI=1S/C35H45F6N4.C33H38N4S2.C33H46N4/c1-32(2)26-22-24(34(36,37)38)12-14-28(26)44(30(32)16-20-42(5)6)18-10-9-11-19-45-29-15-13-25(35(39,40)41)23-27(29)33(3,4)31(45)17-21-43(7)8;1-34-24-26(28-10-4-6-12-30(28)34)14-16-32-36(20-22-38-32)18-8-3-9-19-37-21-23-39-33(37)17-15-27-25-35(2)31-13-7-5-11-29(27)31;1-32(2)26-16-10-12-18-28(26)36(30(32)20-24-34(5)6)22-14-9-15-23-37-29-19-13-11-17-27(29)33(3,4)31(37)21-25-35(7)8/h12-17,20-23,30H,9-11,18-19H2,1-8H3;4-7,10-17,24-25H,3,8-9,18-23H2,1-2H3;10-13,16-21,24-25H,9,14-15,22-23H2,1-8H3/q+1;2*+2/p+1/b20-16+;;. The van der Waals surface area contributed by atoms with Crippen LogP contribution < -0.4 is 19.6 Å². The number of halogens is 6. The number of aryl methyl sites for hydroxylation is 2. The van der Waals surface area contributed by atoms with Gasteiger partial charge in [0.15, 0.2) is 31.7 Å². The van der Waals surface area contributed by atoms with Gasteiger partial charge in [0.2, 0.25) is 10.1 Å². The molecule has 0 spiro atoms. The van der Waals surface area contributed by atoms with Gasteiger partial charge in [0.1, 0.15) is 67.1 Å². The molecule has 2 unspecified atom stereocenters. The third-order valence-electron chi connectivity index (χ3n) is 25.0. The van der Waals surface area contributed by atoms with Crippen molar-refractivity contribution in [3.8, 4) is 0 Å². The molecule has 0 amide bonds. The van der Waals surface area contributed by atoms with Crippen LogP contribution in [0.25, 0.3) is 34.0 Å². The van der Waals surface area contributed by atoms with Gasteiger partial charge in [-0.3, -0.25) is 4.90 Å². The number of nitrogens with zero attached hydrogens (tertiary/aromatic N) is 11. The summed E-state index contributed by atoms with van der Waals surface area (Å²) in [6.45, 7) is 25.5. The molecule has 20 heteroatoms. The molecule has 6 aromatic carbocycles. The van der Waals surface area contributed by atoms with Gasteiger partial charge in [-0.1, -0.05) is 138 Å². The van der Waals surface area contributed by atoms with Crippen molar-refractivity contribution in [2.24, 2.45) is 14.1 Å². The number of hydrogen-bond donors (Lipinski definition) is 1. The Morgan fingerprint density at radius 3 is 1.29 bits per heavy atom. The SMILES string of the molecule is CN(C)/C=C/C1[NH+](CCCCCN2C(=CC=[N+](C)C)C(C)(C)c3cc(C(F)(F)F)ccc32)c2ccc(C(F)(F)F)cc2C1(C)C.C[N+](C)=CC=C1N(CCCCCN2C(=CC=[N+](C)C)C(C)(C)c3ccccc32)c2ccccc2C1(C)C.Cn1cc(/C=C/C2=[N+](CCCCC[N+]3=C(/C=C/c4cn(C)c5ccccc45)SCC3)CCS2)c2ccccc21. The zero-order valence-electron chi connectivity index (χ0n) is 74.8. The van der Waals surface area contributed by atoms with Crippen LogP contribution in [0, 0.1) is 0 Å². The van der Waals surface area contributed by atoms with Crippen LogP contribution in [0.15, 0.2) is 206 Å². The van der Waals surface area contributed by atoms with E-state index in [0.29, 0.717) is 12.1 Å².